The van der Waals surface area contributed by atoms with Crippen molar-refractivity contribution in [2.45, 2.75) is 43.1 Å². The monoisotopic (exact) mass is 348 g/mol. The molecule has 0 fully saturated rings. The molecule has 0 aromatic carbocycles. The maximum absolute atomic E-state index is 4.73. The smallest absolute Gasteiger partial charge is 0.191 e. The number of thiazole rings is 1. The second kappa shape index (κ2) is 6.52. The molecule has 4 nitrogen and oxygen atoms in total. The molecular formula is C15H16N4S3. The van der Waals surface area contributed by atoms with Gasteiger partial charge < -0.3 is 4.57 Å². The van der Waals surface area contributed by atoms with E-state index in [2.05, 4.69) is 37.0 Å². The largest absolute Gasteiger partial charge is 0.306 e. The molecule has 0 radical (unpaired) electrons. The third kappa shape index (κ3) is 2.98. The number of aromatic nitrogens is 4. The summed E-state index contributed by atoms with van der Waals surface area (Å²) < 4.78 is 2.30. The van der Waals surface area contributed by atoms with E-state index in [4.69, 9.17) is 4.98 Å². The van der Waals surface area contributed by atoms with Crippen LogP contribution in [-0.2, 0) is 18.7 Å². The molecule has 0 bridgehead atoms. The summed E-state index contributed by atoms with van der Waals surface area (Å²) >= 11 is 5.18. The minimum absolute atomic E-state index is 0.860. The summed E-state index contributed by atoms with van der Waals surface area (Å²) in [5.41, 5.74) is 2.35. The summed E-state index contributed by atoms with van der Waals surface area (Å²) in [7, 11) is 0. The standard InChI is InChI=1S/C15H16N4S3/c1-2-4-13-17-18-15(19(13)6-3-1)22-10-12-9-21-14(16-12)11-5-7-20-8-11/h5,7-9H,1-4,6,10H2. The molecule has 0 unspecified atom stereocenters. The topological polar surface area (TPSA) is 43.6 Å². The van der Waals surface area contributed by atoms with Gasteiger partial charge in [0.25, 0.3) is 0 Å². The van der Waals surface area contributed by atoms with E-state index < -0.39 is 0 Å². The molecule has 114 valence electrons. The van der Waals surface area contributed by atoms with Crippen molar-refractivity contribution in [3.8, 4) is 10.6 Å². The number of hydrogen-bond acceptors (Lipinski definition) is 6. The second-order valence-electron chi connectivity index (χ2n) is 5.31. The van der Waals surface area contributed by atoms with Gasteiger partial charge in [0, 0.05) is 35.0 Å². The highest BCUT2D eigenvalue weighted by atomic mass is 32.2. The molecule has 22 heavy (non-hydrogen) atoms. The van der Waals surface area contributed by atoms with Crippen LogP contribution in [0.4, 0.5) is 0 Å². The van der Waals surface area contributed by atoms with Crippen LogP contribution in [-0.4, -0.2) is 19.7 Å². The van der Waals surface area contributed by atoms with Crippen LogP contribution in [0.2, 0.25) is 0 Å². The number of thiophene rings is 1. The summed E-state index contributed by atoms with van der Waals surface area (Å²) in [5, 5.41) is 17.3. The number of fused-ring (bicyclic) bond motifs is 1. The molecule has 1 aliphatic heterocycles. The average molecular weight is 349 g/mol. The minimum atomic E-state index is 0.860. The Bertz CT molecular complexity index is 745. The molecule has 1 aliphatic rings. The van der Waals surface area contributed by atoms with Gasteiger partial charge >= 0.3 is 0 Å². The Labute approximate surface area is 141 Å². The van der Waals surface area contributed by atoms with Gasteiger partial charge in [-0.2, -0.15) is 11.3 Å². The van der Waals surface area contributed by atoms with Crippen LogP contribution in [0.3, 0.4) is 0 Å². The van der Waals surface area contributed by atoms with E-state index in [1.807, 2.05) is 0 Å². The van der Waals surface area contributed by atoms with Crippen LogP contribution < -0.4 is 0 Å². The van der Waals surface area contributed by atoms with E-state index in [9.17, 15) is 0 Å². The van der Waals surface area contributed by atoms with E-state index in [1.165, 1.54) is 24.8 Å². The summed E-state index contributed by atoms with van der Waals surface area (Å²) in [6.45, 7) is 1.06. The first kappa shape index (κ1) is 14.4. The van der Waals surface area contributed by atoms with E-state index in [0.29, 0.717) is 0 Å². The van der Waals surface area contributed by atoms with E-state index in [1.54, 1.807) is 34.4 Å². The van der Waals surface area contributed by atoms with Crippen LogP contribution in [0.25, 0.3) is 10.6 Å². The van der Waals surface area contributed by atoms with Crippen molar-refractivity contribution in [1.82, 2.24) is 19.7 Å². The quantitative estimate of drug-likeness (QED) is 0.652. The molecule has 0 aliphatic carbocycles. The molecular weight excluding hydrogens is 332 g/mol. The van der Waals surface area contributed by atoms with Gasteiger partial charge in [0.2, 0.25) is 0 Å². The van der Waals surface area contributed by atoms with Gasteiger partial charge in [-0.15, -0.1) is 21.5 Å². The van der Waals surface area contributed by atoms with Gasteiger partial charge in [-0.3, -0.25) is 0 Å². The fourth-order valence-corrected chi connectivity index (χ4v) is 5.11. The fourth-order valence-electron chi connectivity index (χ4n) is 2.60. The zero-order valence-corrected chi connectivity index (χ0v) is 14.5. The molecule has 0 spiro atoms. The second-order valence-corrected chi connectivity index (χ2v) is 7.89. The summed E-state index contributed by atoms with van der Waals surface area (Å²) in [6, 6.07) is 2.12. The van der Waals surface area contributed by atoms with Gasteiger partial charge in [0.15, 0.2) is 5.16 Å². The highest BCUT2D eigenvalue weighted by molar-refractivity contribution is 7.98. The van der Waals surface area contributed by atoms with E-state index in [0.717, 1.165) is 40.4 Å². The summed E-state index contributed by atoms with van der Waals surface area (Å²) in [6.07, 6.45) is 4.83. The van der Waals surface area contributed by atoms with Gasteiger partial charge in [-0.05, 0) is 24.3 Å². The van der Waals surface area contributed by atoms with Gasteiger partial charge in [-0.25, -0.2) is 4.98 Å². The summed E-state index contributed by atoms with van der Waals surface area (Å²) in [4.78, 5) is 4.73. The molecule has 0 saturated heterocycles. The summed E-state index contributed by atoms with van der Waals surface area (Å²) in [5.74, 6) is 2.01. The first-order valence-corrected chi connectivity index (χ1v) is 10.2. The lowest BCUT2D eigenvalue weighted by Gasteiger charge is -2.05. The zero-order valence-electron chi connectivity index (χ0n) is 12.1. The highest BCUT2D eigenvalue weighted by Gasteiger charge is 2.15. The zero-order chi connectivity index (χ0) is 14.8. The van der Waals surface area contributed by atoms with Gasteiger partial charge in [0.1, 0.15) is 10.8 Å². The maximum Gasteiger partial charge on any atom is 0.191 e. The first-order valence-electron chi connectivity index (χ1n) is 7.42. The number of hydrogen-bond donors (Lipinski definition) is 0. The molecule has 0 saturated carbocycles. The average Bonchev–Trinajstić information content (AvgIpc) is 3.24. The van der Waals surface area contributed by atoms with Crippen LogP contribution in [0.15, 0.2) is 27.4 Å². The van der Waals surface area contributed by atoms with Crippen LogP contribution >= 0.6 is 34.4 Å². The van der Waals surface area contributed by atoms with Crippen molar-refractivity contribution < 1.29 is 0 Å². The molecule has 4 rings (SSSR count). The lowest BCUT2D eigenvalue weighted by atomic mass is 10.2. The SMILES string of the molecule is c1cc(-c2nc(CSc3nnc4n3CCCCC4)cs2)cs1. The number of aryl methyl sites for hydroxylation is 1. The van der Waals surface area contributed by atoms with Crippen LogP contribution in [0.1, 0.15) is 30.8 Å². The van der Waals surface area contributed by atoms with Crippen molar-refractivity contribution >= 4 is 34.4 Å². The molecule has 3 aromatic rings. The molecule has 0 N–H and O–H groups in total. The molecule has 0 amide bonds. The molecule has 4 heterocycles. The van der Waals surface area contributed by atoms with Gasteiger partial charge in [0.05, 0.1) is 5.69 Å². The third-order valence-corrected chi connectivity index (χ3v) is 6.37. The Morgan fingerprint density at radius 2 is 2.18 bits per heavy atom. The Kier molecular flexibility index (Phi) is 4.27. The van der Waals surface area contributed by atoms with Crippen LogP contribution in [0.5, 0.6) is 0 Å². The molecule has 3 aromatic heterocycles. The first-order chi connectivity index (χ1) is 10.9. The Morgan fingerprint density at radius 1 is 1.18 bits per heavy atom. The predicted molar refractivity (Wildman–Crippen MR) is 92.6 cm³/mol. The van der Waals surface area contributed by atoms with Crippen LogP contribution in [0, 0.1) is 0 Å². The number of nitrogens with zero attached hydrogens (tertiary/aromatic N) is 4. The van der Waals surface area contributed by atoms with Crippen molar-refractivity contribution in [3.05, 3.63) is 33.7 Å². The fraction of sp³-hybridized carbons (Fsp3) is 0.400. The van der Waals surface area contributed by atoms with Crippen molar-refractivity contribution in [3.63, 3.8) is 0 Å². The Morgan fingerprint density at radius 3 is 3.09 bits per heavy atom. The Balaban J connectivity index is 1.46. The third-order valence-electron chi connectivity index (χ3n) is 3.74. The minimum Gasteiger partial charge on any atom is -0.306 e. The normalized spacial score (nSPS) is 14.7. The molecule has 7 heteroatoms. The Hall–Kier alpha value is -1.18. The predicted octanol–water partition coefficient (Wildman–Crippen LogP) is 4.48. The van der Waals surface area contributed by atoms with Crippen molar-refractivity contribution in [2.75, 3.05) is 0 Å². The lowest BCUT2D eigenvalue weighted by Crippen LogP contribution is -2.02. The number of thioether (sulfide) groups is 1. The van der Waals surface area contributed by atoms with Crippen molar-refractivity contribution in [1.29, 1.82) is 0 Å². The van der Waals surface area contributed by atoms with Crippen molar-refractivity contribution in [2.24, 2.45) is 0 Å². The lowest BCUT2D eigenvalue weighted by molar-refractivity contribution is 0.591. The molecule has 0 atom stereocenters. The number of rotatable bonds is 4. The maximum atomic E-state index is 4.73. The highest BCUT2D eigenvalue weighted by Crippen LogP contribution is 2.29. The van der Waals surface area contributed by atoms with E-state index >= 15 is 0 Å². The van der Waals surface area contributed by atoms with Gasteiger partial charge in [-0.1, -0.05) is 18.2 Å². The van der Waals surface area contributed by atoms with E-state index in [-0.39, 0.29) is 0 Å².